The molecule has 22 heavy (non-hydrogen) atoms. The molecule has 1 aliphatic carbocycles. The van der Waals surface area contributed by atoms with Gasteiger partial charge in [0.15, 0.2) is 0 Å². The Labute approximate surface area is 136 Å². The minimum absolute atomic E-state index is 0.162. The number of ether oxygens (including phenoxy) is 1. The smallest absolute Gasteiger partial charge is 0.315 e. The highest BCUT2D eigenvalue weighted by atomic mass is 35.5. The van der Waals surface area contributed by atoms with Crippen LogP contribution in [0.2, 0.25) is 5.02 Å². The van der Waals surface area contributed by atoms with Crippen molar-refractivity contribution >= 4 is 17.6 Å². The van der Waals surface area contributed by atoms with Gasteiger partial charge in [-0.25, -0.2) is 4.79 Å². The Morgan fingerprint density at radius 2 is 2.18 bits per heavy atom. The topological polar surface area (TPSA) is 70.6 Å². The number of hydrogen-bond donors (Lipinski definition) is 3. The van der Waals surface area contributed by atoms with Crippen molar-refractivity contribution in [2.75, 3.05) is 6.61 Å². The third kappa shape index (κ3) is 4.78. The van der Waals surface area contributed by atoms with Gasteiger partial charge in [-0.3, -0.25) is 0 Å². The first-order valence-electron chi connectivity index (χ1n) is 7.73. The van der Waals surface area contributed by atoms with Crippen molar-refractivity contribution in [2.24, 2.45) is 0 Å². The minimum Gasteiger partial charge on any atom is -0.493 e. The second-order valence-electron chi connectivity index (χ2n) is 5.47. The Morgan fingerprint density at radius 3 is 2.91 bits per heavy atom. The average Bonchev–Trinajstić information content (AvgIpc) is 2.49. The van der Waals surface area contributed by atoms with E-state index in [9.17, 15) is 9.90 Å². The molecule has 0 aliphatic heterocycles. The van der Waals surface area contributed by atoms with Gasteiger partial charge in [-0.1, -0.05) is 30.5 Å². The molecule has 1 saturated carbocycles. The van der Waals surface area contributed by atoms with E-state index in [1.807, 2.05) is 13.0 Å². The monoisotopic (exact) mass is 326 g/mol. The van der Waals surface area contributed by atoms with Gasteiger partial charge >= 0.3 is 6.03 Å². The minimum atomic E-state index is -0.450. The summed E-state index contributed by atoms with van der Waals surface area (Å²) in [6.45, 7) is 2.78. The molecule has 0 aromatic heterocycles. The van der Waals surface area contributed by atoms with Gasteiger partial charge in [-0.15, -0.1) is 0 Å². The zero-order valence-electron chi connectivity index (χ0n) is 12.8. The highest BCUT2D eigenvalue weighted by Crippen LogP contribution is 2.23. The molecule has 2 rings (SSSR count). The largest absolute Gasteiger partial charge is 0.493 e. The number of carbonyl (C=O) groups excluding carboxylic acids is 1. The molecule has 0 bridgehead atoms. The first kappa shape index (κ1) is 16.9. The maximum absolute atomic E-state index is 12.0. The summed E-state index contributed by atoms with van der Waals surface area (Å²) in [5, 5.41) is 16.1. The van der Waals surface area contributed by atoms with Crippen LogP contribution < -0.4 is 15.4 Å². The van der Waals surface area contributed by atoms with Gasteiger partial charge in [0.2, 0.25) is 0 Å². The molecule has 2 amide bonds. The van der Waals surface area contributed by atoms with Gasteiger partial charge in [-0.2, -0.15) is 0 Å². The predicted molar refractivity (Wildman–Crippen MR) is 86.3 cm³/mol. The third-order valence-electron chi connectivity index (χ3n) is 3.81. The van der Waals surface area contributed by atoms with Gasteiger partial charge in [0.25, 0.3) is 0 Å². The van der Waals surface area contributed by atoms with Crippen LogP contribution in [0.5, 0.6) is 5.75 Å². The molecule has 122 valence electrons. The molecule has 1 aliphatic rings. The number of amides is 2. The van der Waals surface area contributed by atoms with Crippen LogP contribution in [-0.4, -0.2) is 29.9 Å². The number of nitrogens with one attached hydrogen (secondary N) is 2. The van der Waals surface area contributed by atoms with Crippen LogP contribution in [0.3, 0.4) is 0 Å². The number of halogens is 1. The van der Waals surface area contributed by atoms with Crippen LogP contribution in [-0.2, 0) is 6.54 Å². The molecule has 2 unspecified atom stereocenters. The zero-order chi connectivity index (χ0) is 15.9. The fourth-order valence-electron chi connectivity index (χ4n) is 2.64. The SMILES string of the molecule is CCOc1cc(Cl)ccc1CNC(=O)NC1CCCCC1O. The lowest BCUT2D eigenvalue weighted by molar-refractivity contribution is 0.0943. The molecule has 1 aromatic carbocycles. The van der Waals surface area contributed by atoms with Gasteiger partial charge in [-0.05, 0) is 31.9 Å². The van der Waals surface area contributed by atoms with Gasteiger partial charge in [0, 0.05) is 17.1 Å². The van der Waals surface area contributed by atoms with E-state index in [4.69, 9.17) is 16.3 Å². The molecule has 1 fully saturated rings. The first-order valence-corrected chi connectivity index (χ1v) is 8.11. The van der Waals surface area contributed by atoms with E-state index in [1.54, 1.807) is 12.1 Å². The first-order chi connectivity index (χ1) is 10.6. The molecule has 5 nitrogen and oxygen atoms in total. The van der Waals surface area contributed by atoms with E-state index in [-0.39, 0.29) is 12.1 Å². The molecule has 3 N–H and O–H groups in total. The van der Waals surface area contributed by atoms with Gasteiger partial charge < -0.3 is 20.5 Å². The summed E-state index contributed by atoms with van der Waals surface area (Å²) in [6, 6.07) is 4.91. The van der Waals surface area contributed by atoms with E-state index in [0.29, 0.717) is 23.9 Å². The summed E-state index contributed by atoms with van der Waals surface area (Å²) >= 11 is 5.95. The molecule has 2 atom stereocenters. The van der Waals surface area contributed by atoms with Crippen molar-refractivity contribution in [3.63, 3.8) is 0 Å². The Hall–Kier alpha value is -1.46. The summed E-state index contributed by atoms with van der Waals surface area (Å²) in [6.07, 6.45) is 3.17. The molecule has 0 saturated heterocycles. The second kappa shape index (κ2) is 8.25. The number of carbonyl (C=O) groups is 1. The van der Waals surface area contributed by atoms with Crippen LogP contribution in [0.1, 0.15) is 38.2 Å². The summed E-state index contributed by atoms with van der Waals surface area (Å²) in [5.41, 5.74) is 0.866. The van der Waals surface area contributed by atoms with E-state index < -0.39 is 6.10 Å². The van der Waals surface area contributed by atoms with Crippen molar-refractivity contribution in [3.05, 3.63) is 28.8 Å². The number of hydrogen-bond acceptors (Lipinski definition) is 3. The number of benzene rings is 1. The van der Waals surface area contributed by atoms with Crippen molar-refractivity contribution in [1.82, 2.24) is 10.6 Å². The Balaban J connectivity index is 1.88. The molecule has 6 heteroatoms. The number of urea groups is 1. The van der Waals surface area contributed by atoms with E-state index >= 15 is 0 Å². The van der Waals surface area contributed by atoms with Crippen molar-refractivity contribution in [3.8, 4) is 5.75 Å². The number of aliphatic hydroxyl groups excluding tert-OH is 1. The lowest BCUT2D eigenvalue weighted by Crippen LogP contribution is -2.48. The highest BCUT2D eigenvalue weighted by Gasteiger charge is 2.24. The highest BCUT2D eigenvalue weighted by molar-refractivity contribution is 6.30. The van der Waals surface area contributed by atoms with Crippen LogP contribution in [0, 0.1) is 0 Å². The normalized spacial score (nSPS) is 21.2. The van der Waals surface area contributed by atoms with E-state index in [2.05, 4.69) is 10.6 Å². The standard InChI is InChI=1S/C16H23ClN2O3/c1-2-22-15-9-12(17)8-7-11(15)10-18-16(21)19-13-5-3-4-6-14(13)20/h7-9,13-14,20H,2-6,10H2,1H3,(H2,18,19,21). The average molecular weight is 327 g/mol. The molecule has 0 radical (unpaired) electrons. The molecule has 0 heterocycles. The van der Waals surface area contributed by atoms with Crippen molar-refractivity contribution in [1.29, 1.82) is 0 Å². The Bertz CT molecular complexity index is 510. The maximum atomic E-state index is 12.0. The fourth-order valence-corrected chi connectivity index (χ4v) is 2.80. The van der Waals surface area contributed by atoms with Crippen molar-refractivity contribution in [2.45, 2.75) is 51.3 Å². The molecular weight excluding hydrogens is 304 g/mol. The third-order valence-corrected chi connectivity index (χ3v) is 4.05. The number of rotatable bonds is 5. The second-order valence-corrected chi connectivity index (χ2v) is 5.91. The quantitative estimate of drug-likeness (QED) is 0.779. The Morgan fingerprint density at radius 1 is 1.41 bits per heavy atom. The number of aliphatic hydroxyl groups is 1. The molecule has 1 aromatic rings. The lowest BCUT2D eigenvalue weighted by atomic mass is 9.93. The van der Waals surface area contributed by atoms with Crippen molar-refractivity contribution < 1.29 is 14.6 Å². The summed E-state index contributed by atoms with van der Waals surface area (Å²) in [4.78, 5) is 12.0. The zero-order valence-corrected chi connectivity index (χ0v) is 13.5. The van der Waals surface area contributed by atoms with Crippen LogP contribution in [0.4, 0.5) is 4.79 Å². The van der Waals surface area contributed by atoms with Gasteiger partial charge in [0.1, 0.15) is 5.75 Å². The maximum Gasteiger partial charge on any atom is 0.315 e. The van der Waals surface area contributed by atoms with Gasteiger partial charge in [0.05, 0.1) is 18.8 Å². The van der Waals surface area contributed by atoms with E-state index in [1.165, 1.54) is 0 Å². The fraction of sp³-hybridized carbons (Fsp3) is 0.562. The summed E-state index contributed by atoms with van der Waals surface area (Å²) in [5.74, 6) is 0.674. The Kier molecular flexibility index (Phi) is 6.34. The van der Waals surface area contributed by atoms with Crippen LogP contribution in [0.25, 0.3) is 0 Å². The van der Waals surface area contributed by atoms with E-state index in [0.717, 1.165) is 31.2 Å². The predicted octanol–water partition coefficient (Wildman–Crippen LogP) is 2.84. The molecule has 0 spiro atoms. The lowest BCUT2D eigenvalue weighted by Gasteiger charge is -2.28. The summed E-state index contributed by atoms with van der Waals surface area (Å²) in [7, 11) is 0. The van der Waals surface area contributed by atoms with Crippen LogP contribution in [0.15, 0.2) is 18.2 Å². The van der Waals surface area contributed by atoms with Crippen LogP contribution >= 0.6 is 11.6 Å². The molecular formula is C16H23ClN2O3. The summed E-state index contributed by atoms with van der Waals surface area (Å²) < 4.78 is 5.52.